The van der Waals surface area contributed by atoms with Crippen molar-refractivity contribution in [3.05, 3.63) is 23.9 Å². The Balaban J connectivity index is 1.56. The second-order valence-corrected chi connectivity index (χ2v) is 15.0. The van der Waals surface area contributed by atoms with E-state index in [1.54, 1.807) is 14.0 Å². The summed E-state index contributed by atoms with van der Waals surface area (Å²) in [6, 6.07) is 5.67. The molecule has 0 radical (unpaired) electrons. The molecule has 45 heavy (non-hydrogen) atoms. The lowest BCUT2D eigenvalue weighted by Gasteiger charge is -2.35. The number of hydrogen-bond donors (Lipinski definition) is 0. The molecule has 2 fully saturated rings. The number of aryl methyl sites for hydroxylation is 1. The molecule has 0 N–H and O–H groups in total. The SMILES string of the molecule is CC[C@@H]1[C@@H]2CC(C(=O)[C@H](C(C)(C)C)CC(=O)O[C@]3(C)CCC[C@H]3CCCCCc3nc4ccc(OC)cc4nc3O2)[C@@H]1C(C)=O. The summed E-state index contributed by atoms with van der Waals surface area (Å²) in [6.07, 6.45) is 8.39. The predicted octanol–water partition coefficient (Wildman–Crippen LogP) is 7.48. The molecule has 2 saturated carbocycles. The van der Waals surface area contributed by atoms with Crippen LogP contribution in [0.1, 0.15) is 111 Å². The minimum absolute atomic E-state index is 0.0108. The Kier molecular flexibility index (Phi) is 9.90. The highest BCUT2D eigenvalue weighted by atomic mass is 16.6. The Morgan fingerprint density at radius 2 is 1.82 bits per heavy atom. The minimum atomic E-state index is -0.570. The van der Waals surface area contributed by atoms with Crippen molar-refractivity contribution in [3.8, 4) is 11.6 Å². The van der Waals surface area contributed by atoms with Crippen LogP contribution >= 0.6 is 0 Å². The molecule has 8 nitrogen and oxygen atoms in total. The van der Waals surface area contributed by atoms with Crippen LogP contribution < -0.4 is 9.47 Å². The fraction of sp³-hybridized carbons (Fsp3) is 0.703. The Morgan fingerprint density at radius 3 is 2.51 bits per heavy atom. The monoisotopic (exact) mass is 620 g/mol. The van der Waals surface area contributed by atoms with Crippen molar-refractivity contribution >= 4 is 28.6 Å². The molecule has 2 aromatic rings. The number of ether oxygens (including phenoxy) is 3. The highest BCUT2D eigenvalue weighted by molar-refractivity contribution is 5.93. The third kappa shape index (κ3) is 7.05. The molecule has 8 heteroatoms. The van der Waals surface area contributed by atoms with E-state index in [0.717, 1.165) is 62.6 Å². The van der Waals surface area contributed by atoms with E-state index < -0.39 is 28.8 Å². The molecule has 7 atom stereocenters. The number of esters is 1. The van der Waals surface area contributed by atoms with E-state index in [4.69, 9.17) is 24.2 Å². The highest BCUT2D eigenvalue weighted by Crippen LogP contribution is 2.47. The van der Waals surface area contributed by atoms with Crippen LogP contribution in [0, 0.1) is 35.0 Å². The van der Waals surface area contributed by atoms with Gasteiger partial charge in [-0.15, -0.1) is 0 Å². The molecule has 2 heterocycles. The normalized spacial score (nSPS) is 31.7. The number of hydrogen-bond acceptors (Lipinski definition) is 8. The number of fused-ring (bicyclic) bond motifs is 5. The molecular weight excluding hydrogens is 568 g/mol. The summed E-state index contributed by atoms with van der Waals surface area (Å²) in [7, 11) is 1.63. The van der Waals surface area contributed by atoms with Gasteiger partial charge in [0.15, 0.2) is 0 Å². The van der Waals surface area contributed by atoms with Crippen molar-refractivity contribution in [1.29, 1.82) is 0 Å². The average molecular weight is 621 g/mol. The van der Waals surface area contributed by atoms with Gasteiger partial charge in [-0.05, 0) is 88.7 Å². The van der Waals surface area contributed by atoms with Gasteiger partial charge >= 0.3 is 5.97 Å². The summed E-state index contributed by atoms with van der Waals surface area (Å²) in [5, 5.41) is 0. The number of Topliss-reactive ketones (excluding diaryl/α,β-unsaturated/α-hetero) is 2. The molecule has 0 amide bonds. The number of methoxy groups -OCH3 is 1. The first-order chi connectivity index (χ1) is 21.3. The van der Waals surface area contributed by atoms with Crippen LogP contribution in [0.5, 0.6) is 11.6 Å². The maximum Gasteiger partial charge on any atom is 0.307 e. The van der Waals surface area contributed by atoms with Gasteiger partial charge in [-0.3, -0.25) is 14.4 Å². The molecule has 1 unspecified atom stereocenters. The van der Waals surface area contributed by atoms with Gasteiger partial charge in [-0.2, -0.15) is 0 Å². The summed E-state index contributed by atoms with van der Waals surface area (Å²) in [4.78, 5) is 51.3. The van der Waals surface area contributed by atoms with Gasteiger partial charge in [0.1, 0.15) is 34.7 Å². The van der Waals surface area contributed by atoms with Crippen molar-refractivity contribution in [1.82, 2.24) is 9.97 Å². The zero-order valence-electron chi connectivity index (χ0n) is 28.3. The molecule has 1 aromatic carbocycles. The van der Waals surface area contributed by atoms with Crippen LogP contribution in [0.15, 0.2) is 18.2 Å². The van der Waals surface area contributed by atoms with Crippen molar-refractivity contribution in [2.45, 2.75) is 124 Å². The maximum absolute atomic E-state index is 14.5. The first-order valence-electron chi connectivity index (χ1n) is 17.1. The summed E-state index contributed by atoms with van der Waals surface area (Å²) in [5.74, 6) is -0.615. The van der Waals surface area contributed by atoms with Gasteiger partial charge in [0, 0.05) is 29.7 Å². The van der Waals surface area contributed by atoms with Crippen molar-refractivity contribution < 1.29 is 28.6 Å². The third-order valence-corrected chi connectivity index (χ3v) is 11.0. The van der Waals surface area contributed by atoms with E-state index >= 15 is 0 Å². The number of aromatic nitrogens is 2. The Labute approximate surface area is 268 Å². The first-order valence-corrected chi connectivity index (χ1v) is 17.1. The van der Waals surface area contributed by atoms with Crippen LogP contribution in [0.4, 0.5) is 0 Å². The number of carbonyl (C=O) groups is 3. The van der Waals surface area contributed by atoms with E-state index in [9.17, 15) is 14.4 Å². The van der Waals surface area contributed by atoms with Crippen LogP contribution in [0.2, 0.25) is 0 Å². The van der Waals surface area contributed by atoms with Crippen molar-refractivity contribution in [2.24, 2.45) is 35.0 Å². The molecular formula is C37H52N2O6. The number of carbonyl (C=O) groups excluding carboxylic acids is 3. The van der Waals surface area contributed by atoms with Crippen LogP contribution in [0.25, 0.3) is 11.0 Å². The van der Waals surface area contributed by atoms with Crippen molar-refractivity contribution in [3.63, 3.8) is 0 Å². The molecule has 2 aliphatic carbocycles. The number of benzene rings is 1. The fourth-order valence-electron chi connectivity index (χ4n) is 8.43. The quantitative estimate of drug-likeness (QED) is 0.325. The van der Waals surface area contributed by atoms with Gasteiger partial charge in [-0.25, -0.2) is 9.97 Å². The van der Waals surface area contributed by atoms with E-state index in [1.807, 2.05) is 39.0 Å². The van der Waals surface area contributed by atoms with E-state index in [2.05, 4.69) is 13.8 Å². The summed E-state index contributed by atoms with van der Waals surface area (Å²) in [6.45, 7) is 11.7. The summed E-state index contributed by atoms with van der Waals surface area (Å²) in [5.41, 5.74) is 1.29. The molecule has 2 bridgehead atoms. The maximum atomic E-state index is 14.5. The minimum Gasteiger partial charge on any atom is -0.497 e. The van der Waals surface area contributed by atoms with Gasteiger partial charge in [-0.1, -0.05) is 40.5 Å². The first kappa shape index (κ1) is 33.3. The topological polar surface area (TPSA) is 105 Å². The smallest absolute Gasteiger partial charge is 0.307 e. The molecule has 5 rings (SSSR count). The van der Waals surface area contributed by atoms with Gasteiger partial charge in [0.05, 0.1) is 24.6 Å². The lowest BCUT2D eigenvalue weighted by molar-refractivity contribution is -0.166. The van der Waals surface area contributed by atoms with Crippen LogP contribution in [-0.2, 0) is 25.5 Å². The highest BCUT2D eigenvalue weighted by Gasteiger charge is 2.52. The van der Waals surface area contributed by atoms with Gasteiger partial charge in [0.25, 0.3) is 0 Å². The molecule has 246 valence electrons. The van der Waals surface area contributed by atoms with Gasteiger partial charge < -0.3 is 14.2 Å². The standard InChI is InChI=1S/C37H52N2O6/c1-8-25-31-20-26(33(25)22(2)40)34(42)27(36(3,4)5)21-32(41)45-37(6)18-12-14-23(37)13-10-9-11-15-29-35(44-31)39-30-19-24(43-7)16-17-28(30)38-29/h16-17,19,23,25-27,31,33H,8-15,18,20-21H2,1-7H3/t23-,25-,26?,27-,31+,33-,37-/m1/s1. The molecule has 1 aromatic heterocycles. The zero-order valence-corrected chi connectivity index (χ0v) is 28.3. The Morgan fingerprint density at radius 1 is 1.07 bits per heavy atom. The molecule has 1 aliphatic heterocycles. The fourth-order valence-corrected chi connectivity index (χ4v) is 8.43. The second-order valence-electron chi connectivity index (χ2n) is 15.0. The van der Waals surface area contributed by atoms with Gasteiger partial charge in [0.2, 0.25) is 5.88 Å². The molecule has 3 aliphatic rings. The number of rotatable bonds is 3. The Hall–Kier alpha value is -3.03. The van der Waals surface area contributed by atoms with E-state index in [0.29, 0.717) is 35.9 Å². The van der Waals surface area contributed by atoms with Crippen LogP contribution in [-0.4, -0.2) is 46.3 Å². The molecule has 0 saturated heterocycles. The van der Waals surface area contributed by atoms with Crippen molar-refractivity contribution in [2.75, 3.05) is 7.11 Å². The number of ketones is 2. The molecule has 0 spiro atoms. The number of nitrogens with zero attached hydrogens (tertiary/aromatic N) is 2. The lowest BCUT2D eigenvalue weighted by Crippen LogP contribution is -2.41. The summed E-state index contributed by atoms with van der Waals surface area (Å²) >= 11 is 0. The largest absolute Gasteiger partial charge is 0.497 e. The predicted molar refractivity (Wildman–Crippen MR) is 173 cm³/mol. The van der Waals surface area contributed by atoms with E-state index in [1.165, 1.54) is 0 Å². The summed E-state index contributed by atoms with van der Waals surface area (Å²) < 4.78 is 18.5. The Bertz CT molecular complexity index is 1420. The zero-order chi connectivity index (χ0) is 32.5. The second kappa shape index (κ2) is 13.4. The third-order valence-electron chi connectivity index (χ3n) is 11.0. The average Bonchev–Trinajstić information content (AvgIpc) is 3.53. The van der Waals surface area contributed by atoms with Crippen LogP contribution in [0.3, 0.4) is 0 Å². The van der Waals surface area contributed by atoms with E-state index in [-0.39, 0.29) is 36.0 Å². The lowest BCUT2D eigenvalue weighted by atomic mass is 9.70.